The first kappa shape index (κ1) is 18.2. The van der Waals surface area contributed by atoms with E-state index >= 15 is 0 Å². The van der Waals surface area contributed by atoms with Crippen molar-refractivity contribution in [2.75, 3.05) is 21.3 Å². The topological polar surface area (TPSA) is 60.8 Å². The third-order valence-electron chi connectivity index (χ3n) is 5.67. The highest BCUT2D eigenvalue weighted by Gasteiger charge is 2.42. The molecule has 25 heavy (non-hydrogen) atoms. The van der Waals surface area contributed by atoms with Gasteiger partial charge in [0, 0.05) is 30.2 Å². The zero-order valence-corrected chi connectivity index (χ0v) is 15.5. The summed E-state index contributed by atoms with van der Waals surface area (Å²) in [7, 11) is 5.02. The first-order valence-electron chi connectivity index (χ1n) is 8.41. The molecule has 1 saturated carbocycles. The Bertz CT molecular complexity index is 782. The van der Waals surface area contributed by atoms with E-state index in [1.807, 2.05) is 18.3 Å². The normalized spacial score (nSPS) is 27.4. The van der Waals surface area contributed by atoms with Crippen LogP contribution in [-0.4, -0.2) is 43.6 Å². The molecule has 0 bridgehead atoms. The van der Waals surface area contributed by atoms with E-state index in [-0.39, 0.29) is 18.5 Å². The van der Waals surface area contributed by atoms with Gasteiger partial charge in [0.25, 0.3) is 0 Å². The Morgan fingerprint density at radius 1 is 1.16 bits per heavy atom. The van der Waals surface area contributed by atoms with Gasteiger partial charge in [-0.15, -0.1) is 12.4 Å². The average Bonchev–Trinajstić information content (AvgIpc) is 2.61. The van der Waals surface area contributed by atoms with Crippen LogP contribution in [-0.2, 0) is 11.2 Å². The Balaban J connectivity index is 0.00000182. The zero-order valence-electron chi connectivity index (χ0n) is 14.7. The van der Waals surface area contributed by atoms with E-state index in [9.17, 15) is 5.11 Å². The maximum absolute atomic E-state index is 10.4. The Morgan fingerprint density at radius 2 is 1.96 bits per heavy atom. The quantitative estimate of drug-likeness (QED) is 0.905. The number of ether oxygens (including phenoxy) is 3. The van der Waals surface area contributed by atoms with Gasteiger partial charge in [0.05, 0.1) is 32.1 Å². The first-order chi connectivity index (χ1) is 11.7. The largest absolute Gasteiger partial charge is 0.493 e. The van der Waals surface area contributed by atoms with Crippen LogP contribution >= 0.6 is 12.4 Å². The smallest absolute Gasteiger partial charge is 0.164 e. The second-order valence-corrected chi connectivity index (χ2v) is 6.77. The third kappa shape index (κ3) is 2.75. The molecule has 0 spiro atoms. The molecule has 1 aromatic heterocycles. The van der Waals surface area contributed by atoms with Crippen LogP contribution < -0.4 is 9.47 Å². The molecule has 0 amide bonds. The highest BCUT2D eigenvalue weighted by molar-refractivity contribution is 5.93. The molecule has 2 aromatic rings. The lowest BCUT2D eigenvalue weighted by atomic mass is 9.67. The second kappa shape index (κ2) is 6.98. The van der Waals surface area contributed by atoms with E-state index in [0.29, 0.717) is 11.8 Å². The molecule has 0 aliphatic heterocycles. The number of benzene rings is 1. The molecule has 4 atom stereocenters. The van der Waals surface area contributed by atoms with Crippen molar-refractivity contribution < 1.29 is 19.3 Å². The summed E-state index contributed by atoms with van der Waals surface area (Å²) < 4.78 is 16.7. The van der Waals surface area contributed by atoms with Gasteiger partial charge in [-0.05, 0) is 42.7 Å². The molecule has 0 saturated heterocycles. The summed E-state index contributed by atoms with van der Waals surface area (Å²) in [6.45, 7) is 0. The van der Waals surface area contributed by atoms with Gasteiger partial charge in [-0.3, -0.25) is 4.98 Å². The van der Waals surface area contributed by atoms with E-state index in [0.717, 1.165) is 47.4 Å². The molecule has 136 valence electrons. The molecule has 4 unspecified atom stereocenters. The van der Waals surface area contributed by atoms with Crippen LogP contribution in [0, 0.1) is 5.92 Å². The number of fused-ring (bicyclic) bond motifs is 2. The molecule has 4 rings (SSSR count). The third-order valence-corrected chi connectivity index (χ3v) is 5.67. The van der Waals surface area contributed by atoms with Crippen molar-refractivity contribution in [1.29, 1.82) is 0 Å². The fourth-order valence-corrected chi connectivity index (χ4v) is 4.57. The summed E-state index contributed by atoms with van der Waals surface area (Å²) >= 11 is 0. The number of aromatic nitrogens is 1. The molecule has 5 nitrogen and oxygen atoms in total. The van der Waals surface area contributed by atoms with Gasteiger partial charge in [-0.25, -0.2) is 0 Å². The lowest BCUT2D eigenvalue weighted by Gasteiger charge is -2.41. The maximum atomic E-state index is 10.4. The zero-order chi connectivity index (χ0) is 16.8. The molecule has 6 heteroatoms. The number of hydrogen-bond donors (Lipinski definition) is 1. The lowest BCUT2D eigenvalue weighted by molar-refractivity contribution is -0.0577. The minimum absolute atomic E-state index is 0. The van der Waals surface area contributed by atoms with Crippen molar-refractivity contribution >= 4 is 23.2 Å². The van der Waals surface area contributed by atoms with Gasteiger partial charge in [0.15, 0.2) is 11.5 Å². The molecular formula is C19H24ClNO4. The molecule has 1 heterocycles. The number of rotatable bonds is 3. The average molecular weight is 366 g/mol. The number of hydrogen-bond acceptors (Lipinski definition) is 5. The van der Waals surface area contributed by atoms with Gasteiger partial charge >= 0.3 is 0 Å². The number of aliphatic hydroxyl groups excluding tert-OH is 1. The maximum Gasteiger partial charge on any atom is 0.164 e. The molecule has 2 aliphatic rings. The number of aliphatic hydroxyl groups is 1. The number of nitrogens with zero attached hydrogens (tertiary/aromatic N) is 1. The summed E-state index contributed by atoms with van der Waals surface area (Å²) in [4.78, 5) is 4.71. The van der Waals surface area contributed by atoms with Gasteiger partial charge < -0.3 is 19.3 Å². The van der Waals surface area contributed by atoms with Crippen molar-refractivity contribution in [3.8, 4) is 11.5 Å². The first-order valence-corrected chi connectivity index (χ1v) is 8.41. The van der Waals surface area contributed by atoms with Crippen molar-refractivity contribution in [3.63, 3.8) is 0 Å². The fourth-order valence-electron chi connectivity index (χ4n) is 4.57. The standard InChI is InChI=1S/C19H23NO4.ClH/c1-22-15-9-12-11(7-14(15)21)6-13-17-10(4-5-20-18(12)17)8-16(23-2)19(13)24-3;/h4-5,8,11-12,14-15,21H,6-7,9H2,1-3H3;1H. The van der Waals surface area contributed by atoms with Crippen LogP contribution in [0.5, 0.6) is 11.5 Å². The van der Waals surface area contributed by atoms with Crippen LogP contribution in [0.25, 0.3) is 10.8 Å². The molecule has 1 N–H and O–H groups in total. The van der Waals surface area contributed by atoms with Crippen LogP contribution in [0.2, 0.25) is 0 Å². The van der Waals surface area contributed by atoms with E-state index in [1.54, 1.807) is 21.3 Å². The highest BCUT2D eigenvalue weighted by atomic mass is 35.5. The number of pyridine rings is 1. The van der Waals surface area contributed by atoms with Crippen molar-refractivity contribution in [1.82, 2.24) is 4.98 Å². The summed E-state index contributed by atoms with van der Waals surface area (Å²) in [5.41, 5.74) is 2.26. The second-order valence-electron chi connectivity index (χ2n) is 6.77. The molecular weight excluding hydrogens is 342 g/mol. The van der Waals surface area contributed by atoms with Gasteiger partial charge in [0.2, 0.25) is 0 Å². The van der Waals surface area contributed by atoms with Crippen molar-refractivity contribution in [2.24, 2.45) is 5.92 Å². The summed E-state index contributed by atoms with van der Waals surface area (Å²) in [5, 5.41) is 12.7. The van der Waals surface area contributed by atoms with Crippen molar-refractivity contribution in [3.05, 3.63) is 29.6 Å². The van der Waals surface area contributed by atoms with Crippen LogP contribution in [0.3, 0.4) is 0 Å². The molecule has 1 fully saturated rings. The van der Waals surface area contributed by atoms with E-state index in [2.05, 4.69) is 0 Å². The highest BCUT2D eigenvalue weighted by Crippen LogP contribution is 2.50. The van der Waals surface area contributed by atoms with Crippen molar-refractivity contribution in [2.45, 2.75) is 37.4 Å². The van der Waals surface area contributed by atoms with Gasteiger partial charge in [0.1, 0.15) is 0 Å². The van der Waals surface area contributed by atoms with Crippen LogP contribution in [0.15, 0.2) is 18.3 Å². The van der Waals surface area contributed by atoms with E-state index in [4.69, 9.17) is 19.2 Å². The Labute approximate surface area is 153 Å². The van der Waals surface area contributed by atoms with Crippen LogP contribution in [0.4, 0.5) is 0 Å². The summed E-state index contributed by atoms with van der Waals surface area (Å²) in [5.74, 6) is 2.20. The Hall–Kier alpha value is -1.56. The van der Waals surface area contributed by atoms with E-state index < -0.39 is 6.10 Å². The minimum atomic E-state index is -0.423. The molecule has 0 radical (unpaired) electrons. The fraction of sp³-hybridized carbons (Fsp3) is 0.526. The molecule has 1 aromatic carbocycles. The van der Waals surface area contributed by atoms with Gasteiger partial charge in [-0.1, -0.05) is 0 Å². The summed E-state index contributed by atoms with van der Waals surface area (Å²) in [6.07, 6.45) is 3.72. The van der Waals surface area contributed by atoms with Gasteiger partial charge in [-0.2, -0.15) is 0 Å². The lowest BCUT2D eigenvalue weighted by Crippen LogP contribution is -2.41. The predicted octanol–water partition coefficient (Wildman–Crippen LogP) is 3.10. The minimum Gasteiger partial charge on any atom is -0.493 e. The van der Waals surface area contributed by atoms with E-state index in [1.165, 1.54) is 5.39 Å². The Morgan fingerprint density at radius 3 is 2.64 bits per heavy atom. The monoisotopic (exact) mass is 365 g/mol. The predicted molar refractivity (Wildman–Crippen MR) is 98.1 cm³/mol. The Kier molecular flexibility index (Phi) is 5.09. The summed E-state index contributed by atoms with van der Waals surface area (Å²) in [6, 6.07) is 4.05. The molecule has 2 aliphatic carbocycles. The van der Waals surface area contributed by atoms with Crippen LogP contribution in [0.1, 0.15) is 30.0 Å². The number of methoxy groups -OCH3 is 3. The SMILES string of the molecule is COc1cc2ccnc3c2c(c1OC)CC1CC(O)C(OC)CC31.Cl. The number of halogens is 1.